The van der Waals surface area contributed by atoms with E-state index in [0.717, 1.165) is 6.42 Å². The molecular weight excluding hydrogens is 248 g/mol. The highest BCUT2D eigenvalue weighted by Gasteiger charge is 2.45. The first kappa shape index (κ1) is 14.1. The molecule has 6 heteroatoms. The number of nitrogens with one attached hydrogen (secondary N) is 1. The number of nitrogens with zero attached hydrogens (tertiary/aromatic N) is 1. The molecule has 6 nitrogen and oxygen atoms in total. The molecule has 0 aromatic heterocycles. The summed E-state index contributed by atoms with van der Waals surface area (Å²) < 4.78 is 10.1. The van der Waals surface area contributed by atoms with Crippen molar-refractivity contribution in [3.63, 3.8) is 0 Å². The Bertz CT molecular complexity index is 363. The van der Waals surface area contributed by atoms with Gasteiger partial charge in [0, 0.05) is 19.1 Å². The standard InChI is InChI=1S/C13H22N2O4/c1-13(2,3)19-12(17)15-6-8-5-9(11(16)18-4)14-10(8)7-15/h8-10,14H,5-7H2,1-4H3/t8-,9-,10+/m0/s1. The van der Waals surface area contributed by atoms with E-state index in [2.05, 4.69) is 5.32 Å². The Balaban J connectivity index is 1.87. The Hall–Kier alpha value is -1.30. The maximum Gasteiger partial charge on any atom is 0.410 e. The first-order valence-electron chi connectivity index (χ1n) is 6.62. The van der Waals surface area contributed by atoms with Gasteiger partial charge in [0.25, 0.3) is 0 Å². The van der Waals surface area contributed by atoms with Crippen molar-refractivity contribution in [2.24, 2.45) is 5.92 Å². The van der Waals surface area contributed by atoms with Crippen molar-refractivity contribution in [1.29, 1.82) is 0 Å². The second kappa shape index (κ2) is 5.00. The van der Waals surface area contributed by atoms with Gasteiger partial charge in [0.1, 0.15) is 11.6 Å². The van der Waals surface area contributed by atoms with Crippen LogP contribution < -0.4 is 5.32 Å². The molecule has 108 valence electrons. The van der Waals surface area contributed by atoms with Gasteiger partial charge in [-0.25, -0.2) is 4.79 Å². The highest BCUT2D eigenvalue weighted by Crippen LogP contribution is 2.29. The molecule has 0 saturated carbocycles. The van der Waals surface area contributed by atoms with E-state index in [4.69, 9.17) is 9.47 Å². The molecule has 0 radical (unpaired) electrons. The Morgan fingerprint density at radius 2 is 1.95 bits per heavy atom. The fourth-order valence-corrected chi connectivity index (χ4v) is 2.71. The summed E-state index contributed by atoms with van der Waals surface area (Å²) in [4.78, 5) is 25.1. The van der Waals surface area contributed by atoms with Gasteiger partial charge in [0.2, 0.25) is 0 Å². The zero-order valence-electron chi connectivity index (χ0n) is 11.9. The normalized spacial score (nSPS) is 30.1. The predicted octanol–water partition coefficient (Wildman–Crippen LogP) is 0.757. The van der Waals surface area contributed by atoms with E-state index in [1.54, 1.807) is 4.90 Å². The number of esters is 1. The van der Waals surface area contributed by atoms with Crippen molar-refractivity contribution in [3.05, 3.63) is 0 Å². The van der Waals surface area contributed by atoms with Crippen LogP contribution in [0.1, 0.15) is 27.2 Å². The number of hydrogen-bond donors (Lipinski definition) is 1. The smallest absolute Gasteiger partial charge is 0.410 e. The summed E-state index contributed by atoms with van der Waals surface area (Å²) in [5.41, 5.74) is -0.475. The minimum Gasteiger partial charge on any atom is -0.468 e. The maximum absolute atomic E-state index is 11.9. The second-order valence-corrected chi connectivity index (χ2v) is 6.23. The molecule has 0 unspecified atom stereocenters. The summed E-state index contributed by atoms with van der Waals surface area (Å²) in [6.07, 6.45) is 0.440. The van der Waals surface area contributed by atoms with Crippen molar-refractivity contribution >= 4 is 12.1 Å². The molecule has 1 amide bonds. The van der Waals surface area contributed by atoms with Crippen LogP contribution in [-0.2, 0) is 14.3 Å². The molecule has 0 spiro atoms. The van der Waals surface area contributed by atoms with Crippen LogP contribution in [0.25, 0.3) is 0 Å². The van der Waals surface area contributed by atoms with Crippen LogP contribution in [0.2, 0.25) is 0 Å². The summed E-state index contributed by atoms with van der Waals surface area (Å²) in [6, 6.07) is -0.0718. The van der Waals surface area contributed by atoms with Crippen LogP contribution in [0.5, 0.6) is 0 Å². The lowest BCUT2D eigenvalue weighted by Crippen LogP contribution is -2.42. The lowest BCUT2D eigenvalue weighted by Gasteiger charge is -2.25. The maximum atomic E-state index is 11.9. The van der Waals surface area contributed by atoms with E-state index in [9.17, 15) is 9.59 Å². The average Bonchev–Trinajstić information content (AvgIpc) is 2.82. The summed E-state index contributed by atoms with van der Waals surface area (Å²) in [5, 5.41) is 3.23. The van der Waals surface area contributed by atoms with E-state index >= 15 is 0 Å². The van der Waals surface area contributed by atoms with Gasteiger partial charge < -0.3 is 14.4 Å². The SMILES string of the molecule is COC(=O)[C@@H]1C[C@H]2CN(C(=O)OC(C)(C)C)C[C@H]2N1. The first-order chi connectivity index (χ1) is 8.80. The van der Waals surface area contributed by atoms with Crippen molar-refractivity contribution < 1.29 is 19.1 Å². The third-order valence-electron chi connectivity index (χ3n) is 3.53. The molecule has 2 aliphatic rings. The van der Waals surface area contributed by atoms with Gasteiger partial charge in [-0.1, -0.05) is 0 Å². The summed E-state index contributed by atoms with van der Waals surface area (Å²) in [6.45, 7) is 6.79. The van der Waals surface area contributed by atoms with Crippen LogP contribution in [-0.4, -0.2) is 54.8 Å². The fraction of sp³-hybridized carbons (Fsp3) is 0.846. The molecule has 19 heavy (non-hydrogen) atoms. The van der Waals surface area contributed by atoms with Gasteiger partial charge in [0.15, 0.2) is 0 Å². The van der Waals surface area contributed by atoms with Crippen LogP contribution >= 0.6 is 0 Å². The van der Waals surface area contributed by atoms with Crippen molar-refractivity contribution in [2.75, 3.05) is 20.2 Å². The molecule has 2 fully saturated rings. The minimum absolute atomic E-state index is 0.164. The van der Waals surface area contributed by atoms with Crippen molar-refractivity contribution in [2.45, 2.75) is 44.9 Å². The van der Waals surface area contributed by atoms with Gasteiger partial charge in [-0.2, -0.15) is 0 Å². The number of amides is 1. The van der Waals surface area contributed by atoms with Crippen LogP contribution in [0.4, 0.5) is 4.79 Å². The molecule has 2 heterocycles. The quantitative estimate of drug-likeness (QED) is 0.712. The lowest BCUT2D eigenvalue weighted by molar-refractivity contribution is -0.142. The monoisotopic (exact) mass is 270 g/mol. The number of methoxy groups -OCH3 is 1. The highest BCUT2D eigenvalue weighted by atomic mass is 16.6. The van der Waals surface area contributed by atoms with E-state index in [0.29, 0.717) is 19.0 Å². The van der Waals surface area contributed by atoms with E-state index in [-0.39, 0.29) is 24.1 Å². The van der Waals surface area contributed by atoms with Crippen LogP contribution in [0.3, 0.4) is 0 Å². The van der Waals surface area contributed by atoms with Gasteiger partial charge in [-0.15, -0.1) is 0 Å². The molecule has 1 N–H and O–H groups in total. The molecule has 0 aliphatic carbocycles. The number of carbonyl (C=O) groups excluding carboxylic acids is 2. The third kappa shape index (κ3) is 3.18. The lowest BCUT2D eigenvalue weighted by atomic mass is 10.0. The summed E-state index contributed by atoms with van der Waals surface area (Å²) in [5.74, 6) is 0.0786. The van der Waals surface area contributed by atoms with Gasteiger partial charge in [-0.3, -0.25) is 10.1 Å². The number of fused-ring (bicyclic) bond motifs is 1. The van der Waals surface area contributed by atoms with Gasteiger partial charge in [-0.05, 0) is 33.1 Å². The minimum atomic E-state index is -0.475. The average molecular weight is 270 g/mol. The number of ether oxygens (including phenoxy) is 2. The second-order valence-electron chi connectivity index (χ2n) is 6.23. The summed E-state index contributed by atoms with van der Waals surface area (Å²) in [7, 11) is 1.39. The molecule has 2 rings (SSSR count). The van der Waals surface area contributed by atoms with E-state index in [1.807, 2.05) is 20.8 Å². The van der Waals surface area contributed by atoms with Crippen LogP contribution in [0.15, 0.2) is 0 Å². The number of likely N-dealkylation sites (tertiary alicyclic amines) is 1. The third-order valence-corrected chi connectivity index (χ3v) is 3.53. The molecule has 2 aliphatic heterocycles. The Labute approximate surface area is 113 Å². The van der Waals surface area contributed by atoms with E-state index in [1.165, 1.54) is 7.11 Å². The highest BCUT2D eigenvalue weighted by molar-refractivity contribution is 5.76. The molecule has 0 aromatic rings. The first-order valence-corrected chi connectivity index (χ1v) is 6.62. The van der Waals surface area contributed by atoms with Crippen molar-refractivity contribution in [1.82, 2.24) is 10.2 Å². The largest absolute Gasteiger partial charge is 0.468 e. The van der Waals surface area contributed by atoms with E-state index < -0.39 is 5.60 Å². The van der Waals surface area contributed by atoms with Crippen molar-refractivity contribution in [3.8, 4) is 0 Å². The topological polar surface area (TPSA) is 67.9 Å². The fourth-order valence-electron chi connectivity index (χ4n) is 2.71. The molecule has 0 bridgehead atoms. The molecule has 3 atom stereocenters. The summed E-state index contributed by atoms with van der Waals surface area (Å²) >= 11 is 0. The molecule has 0 aromatic carbocycles. The van der Waals surface area contributed by atoms with Gasteiger partial charge >= 0.3 is 12.1 Å². The Kier molecular flexibility index (Phi) is 3.71. The number of carbonyl (C=O) groups is 2. The number of rotatable bonds is 1. The van der Waals surface area contributed by atoms with Crippen LogP contribution in [0, 0.1) is 5.92 Å². The zero-order valence-corrected chi connectivity index (χ0v) is 11.9. The zero-order chi connectivity index (χ0) is 14.2. The Morgan fingerprint density at radius 3 is 2.47 bits per heavy atom. The number of hydrogen-bond acceptors (Lipinski definition) is 5. The Morgan fingerprint density at radius 1 is 1.26 bits per heavy atom. The molecule has 2 saturated heterocycles. The predicted molar refractivity (Wildman–Crippen MR) is 68.6 cm³/mol. The van der Waals surface area contributed by atoms with Gasteiger partial charge in [0.05, 0.1) is 7.11 Å². The molecular formula is C13H22N2O4.